The van der Waals surface area contributed by atoms with Gasteiger partial charge in [0.2, 0.25) is 0 Å². The van der Waals surface area contributed by atoms with Crippen LogP contribution in [0.3, 0.4) is 0 Å². The first-order valence-electron chi connectivity index (χ1n) is 3.96. The number of carbonyl (C=O) groups is 2. The monoisotopic (exact) mass is 207 g/mol. The summed E-state index contributed by atoms with van der Waals surface area (Å²) in [6.07, 6.45) is 2.19. The Balaban J connectivity index is -0.0000000535. The van der Waals surface area contributed by atoms with E-state index in [1.54, 1.807) is 19.9 Å². The Morgan fingerprint density at radius 3 is 1.21 bits per heavy atom. The average Bonchev–Trinajstić information content (AvgIpc) is 2.07. The summed E-state index contributed by atoms with van der Waals surface area (Å²) < 4.78 is 0. The molecule has 0 aromatic heterocycles. The molecule has 0 radical (unpaired) electrons. The molecule has 0 fully saturated rings. The van der Waals surface area contributed by atoms with Gasteiger partial charge in [0, 0.05) is 12.8 Å². The molecule has 0 rings (SSSR count). The van der Waals surface area contributed by atoms with Gasteiger partial charge in [-0.3, -0.25) is 9.59 Å². The Bertz CT molecular complexity index is 132. The highest BCUT2D eigenvalue weighted by atomic mass is 16.4. The van der Waals surface area contributed by atoms with Crippen molar-refractivity contribution in [2.45, 2.75) is 33.6 Å². The van der Waals surface area contributed by atoms with Crippen molar-refractivity contribution >= 4 is 11.9 Å². The van der Waals surface area contributed by atoms with E-state index in [9.17, 15) is 9.59 Å². The first-order valence-corrected chi connectivity index (χ1v) is 3.96. The van der Waals surface area contributed by atoms with Crippen molar-refractivity contribution in [2.75, 3.05) is 0 Å². The molecule has 0 heterocycles. The van der Waals surface area contributed by atoms with Crippen LogP contribution >= 0.6 is 0 Å². The molecular weight excluding hydrogens is 186 g/mol. The van der Waals surface area contributed by atoms with Crippen LogP contribution in [0.15, 0.2) is 12.7 Å². The normalized spacial score (nSPS) is 6.21. The van der Waals surface area contributed by atoms with Crippen LogP contribution in [0.5, 0.6) is 0 Å². The lowest BCUT2D eigenvalue weighted by molar-refractivity contribution is -0.137. The summed E-state index contributed by atoms with van der Waals surface area (Å²) in [6.45, 7) is 8.45. The van der Waals surface area contributed by atoms with Gasteiger partial charge < -0.3 is 16.4 Å². The second kappa shape index (κ2) is 22.6. The summed E-state index contributed by atoms with van der Waals surface area (Å²) in [7, 11) is 0. The predicted molar refractivity (Wildman–Crippen MR) is 56.7 cm³/mol. The van der Waals surface area contributed by atoms with Crippen molar-refractivity contribution < 1.29 is 19.8 Å². The number of hydrogen-bond donors (Lipinski definition) is 3. The number of aliphatic carboxylic acids is 2. The standard InChI is InChI=1S/2C3H6O2.C3H6.H3N/c2*1-2-3(4)5;1-3-2;/h2*2H2,1H3,(H,4,5);3H,1H2,2H3;1H3. The van der Waals surface area contributed by atoms with Crippen LogP contribution in [0.4, 0.5) is 0 Å². The van der Waals surface area contributed by atoms with E-state index < -0.39 is 11.9 Å². The maximum atomic E-state index is 9.37. The molecule has 0 aliphatic rings. The van der Waals surface area contributed by atoms with Crippen LogP contribution in [0.1, 0.15) is 33.6 Å². The lowest BCUT2D eigenvalue weighted by atomic mass is 10.5. The second-order valence-corrected chi connectivity index (χ2v) is 1.90. The minimum absolute atomic E-state index is 0. The highest BCUT2D eigenvalue weighted by molar-refractivity contribution is 5.66. The zero-order valence-corrected chi connectivity index (χ0v) is 9.12. The maximum absolute atomic E-state index is 9.37. The third kappa shape index (κ3) is 142. The molecule has 0 amide bonds. The zero-order valence-electron chi connectivity index (χ0n) is 9.12. The van der Waals surface area contributed by atoms with Gasteiger partial charge in [0.25, 0.3) is 0 Å². The van der Waals surface area contributed by atoms with Crippen molar-refractivity contribution in [3.63, 3.8) is 0 Å². The number of allylic oxidation sites excluding steroid dienone is 1. The van der Waals surface area contributed by atoms with Crippen LogP contribution < -0.4 is 6.15 Å². The van der Waals surface area contributed by atoms with E-state index in [1.807, 2.05) is 6.92 Å². The van der Waals surface area contributed by atoms with Gasteiger partial charge in [0.05, 0.1) is 0 Å². The van der Waals surface area contributed by atoms with Gasteiger partial charge in [0.1, 0.15) is 0 Å². The van der Waals surface area contributed by atoms with Gasteiger partial charge in [0.15, 0.2) is 0 Å². The van der Waals surface area contributed by atoms with Crippen molar-refractivity contribution in [3.05, 3.63) is 12.7 Å². The van der Waals surface area contributed by atoms with Crippen molar-refractivity contribution in [3.8, 4) is 0 Å². The van der Waals surface area contributed by atoms with Crippen LogP contribution in [0, 0.1) is 0 Å². The Hall–Kier alpha value is -1.36. The quantitative estimate of drug-likeness (QED) is 0.602. The van der Waals surface area contributed by atoms with Gasteiger partial charge in [-0.15, -0.1) is 6.58 Å². The van der Waals surface area contributed by atoms with E-state index in [2.05, 4.69) is 6.58 Å². The molecule has 0 bridgehead atoms. The average molecular weight is 207 g/mol. The summed E-state index contributed by atoms with van der Waals surface area (Å²) in [5.41, 5.74) is 0. The fraction of sp³-hybridized carbons (Fsp3) is 0.556. The molecule has 0 saturated heterocycles. The molecule has 86 valence electrons. The molecule has 0 aliphatic carbocycles. The Morgan fingerprint density at radius 1 is 1.14 bits per heavy atom. The van der Waals surface area contributed by atoms with E-state index >= 15 is 0 Å². The first kappa shape index (κ1) is 22.9. The van der Waals surface area contributed by atoms with Crippen molar-refractivity contribution in [1.82, 2.24) is 6.15 Å². The molecule has 0 aliphatic heterocycles. The number of carboxylic acids is 2. The number of carboxylic acid groups (broad SMARTS) is 2. The van der Waals surface area contributed by atoms with Crippen molar-refractivity contribution in [1.29, 1.82) is 0 Å². The molecule has 5 heteroatoms. The smallest absolute Gasteiger partial charge is 0.303 e. The fourth-order valence-corrected chi connectivity index (χ4v) is 0. The highest BCUT2D eigenvalue weighted by Gasteiger charge is 1.81. The van der Waals surface area contributed by atoms with Crippen LogP contribution in [-0.2, 0) is 9.59 Å². The van der Waals surface area contributed by atoms with Crippen LogP contribution in [-0.4, -0.2) is 22.2 Å². The zero-order chi connectivity index (χ0) is 11.3. The van der Waals surface area contributed by atoms with Crippen LogP contribution in [0.25, 0.3) is 0 Å². The van der Waals surface area contributed by atoms with Gasteiger partial charge in [-0.2, -0.15) is 0 Å². The predicted octanol–water partition coefficient (Wildman–Crippen LogP) is 2.32. The summed E-state index contributed by atoms with van der Waals surface area (Å²) in [4.78, 5) is 18.7. The van der Waals surface area contributed by atoms with Gasteiger partial charge in [-0.1, -0.05) is 19.9 Å². The second-order valence-electron chi connectivity index (χ2n) is 1.90. The van der Waals surface area contributed by atoms with Crippen LogP contribution in [0.2, 0.25) is 0 Å². The third-order valence-electron chi connectivity index (χ3n) is 0.605. The molecular formula is C9H21NO4. The Labute approximate surface area is 85.0 Å². The maximum Gasteiger partial charge on any atom is 0.303 e. The third-order valence-corrected chi connectivity index (χ3v) is 0.605. The molecule has 5 nitrogen and oxygen atoms in total. The summed E-state index contributed by atoms with van der Waals surface area (Å²) >= 11 is 0. The summed E-state index contributed by atoms with van der Waals surface area (Å²) in [6, 6.07) is 0. The van der Waals surface area contributed by atoms with E-state index in [4.69, 9.17) is 10.2 Å². The molecule has 0 aromatic rings. The van der Waals surface area contributed by atoms with Gasteiger partial charge in [-0.25, -0.2) is 0 Å². The molecule has 14 heavy (non-hydrogen) atoms. The van der Waals surface area contributed by atoms with Crippen molar-refractivity contribution in [2.24, 2.45) is 0 Å². The topological polar surface area (TPSA) is 110 Å². The Kier molecular flexibility index (Phi) is 37.0. The lowest BCUT2D eigenvalue weighted by Gasteiger charge is -1.71. The largest absolute Gasteiger partial charge is 0.481 e. The summed E-state index contributed by atoms with van der Waals surface area (Å²) in [5.74, 6) is -1.49. The van der Waals surface area contributed by atoms with E-state index in [1.165, 1.54) is 0 Å². The van der Waals surface area contributed by atoms with E-state index in [0.717, 1.165) is 0 Å². The number of hydrogen-bond acceptors (Lipinski definition) is 3. The minimum Gasteiger partial charge on any atom is -0.481 e. The molecule has 5 N–H and O–H groups in total. The van der Waals surface area contributed by atoms with Gasteiger partial charge in [-0.05, 0) is 6.92 Å². The number of rotatable bonds is 2. The molecule has 0 aromatic carbocycles. The SMILES string of the molecule is C=CC.CCC(=O)O.CCC(=O)O.N. The van der Waals surface area contributed by atoms with E-state index in [0.29, 0.717) is 0 Å². The minimum atomic E-state index is -0.745. The first-order chi connectivity index (χ1) is 5.95. The summed E-state index contributed by atoms with van der Waals surface area (Å²) in [5, 5.41) is 15.4. The molecule has 0 atom stereocenters. The molecule has 0 spiro atoms. The lowest BCUT2D eigenvalue weighted by Crippen LogP contribution is -1.86. The van der Waals surface area contributed by atoms with E-state index in [-0.39, 0.29) is 19.0 Å². The fourth-order valence-electron chi connectivity index (χ4n) is 0. The highest BCUT2D eigenvalue weighted by Crippen LogP contribution is 1.67. The molecule has 0 unspecified atom stereocenters. The molecule has 0 saturated carbocycles. The Morgan fingerprint density at radius 2 is 1.21 bits per heavy atom. The van der Waals surface area contributed by atoms with Gasteiger partial charge >= 0.3 is 11.9 Å².